The van der Waals surface area contributed by atoms with Crippen LogP contribution in [0.2, 0.25) is 0 Å². The van der Waals surface area contributed by atoms with Gasteiger partial charge in [0, 0.05) is 47.9 Å². The highest BCUT2D eigenvalue weighted by molar-refractivity contribution is 6.16. The van der Waals surface area contributed by atoms with Gasteiger partial charge < -0.3 is 29.6 Å². The zero-order chi connectivity index (χ0) is 33.0. The number of nitrogens with zero attached hydrogens (tertiary/aromatic N) is 2. The number of hydrogen-bond acceptors (Lipinski definition) is 8. The number of halogens is 2. The zero-order valence-electron chi connectivity index (χ0n) is 25.8. The first-order valence-corrected chi connectivity index (χ1v) is 15.3. The zero-order valence-corrected chi connectivity index (χ0v) is 25.8. The lowest BCUT2D eigenvalue weighted by Gasteiger charge is -2.26. The average molecular weight is 650 g/mol. The molecule has 6 rings (SSSR count). The third kappa shape index (κ3) is 7.21. The van der Waals surface area contributed by atoms with Gasteiger partial charge in [0.25, 0.3) is 5.52 Å². The number of methoxy groups -OCH3 is 1. The predicted octanol–water partition coefficient (Wildman–Crippen LogP) is 4.90. The predicted molar refractivity (Wildman–Crippen MR) is 167 cm³/mol. The van der Waals surface area contributed by atoms with E-state index in [1.807, 2.05) is 0 Å². The number of ether oxygens (including phenoxy) is 4. The lowest BCUT2D eigenvalue weighted by atomic mass is 10.0. The van der Waals surface area contributed by atoms with E-state index >= 15 is 4.39 Å². The number of rotatable bonds is 12. The minimum absolute atomic E-state index is 0.127. The molecule has 13 heteroatoms. The van der Waals surface area contributed by atoms with Gasteiger partial charge in [0.1, 0.15) is 17.0 Å². The van der Waals surface area contributed by atoms with Crippen molar-refractivity contribution in [2.45, 2.75) is 19.3 Å². The summed E-state index contributed by atoms with van der Waals surface area (Å²) in [5.74, 6) is -1.33. The fraction of sp³-hybridized carbons (Fsp3) is 0.324. The number of hydrogen-bond donors (Lipinski definition) is 3. The van der Waals surface area contributed by atoms with Gasteiger partial charge in [-0.05, 0) is 55.7 Å². The molecule has 11 nitrogen and oxygen atoms in total. The van der Waals surface area contributed by atoms with Crippen LogP contribution in [0.15, 0.2) is 66.9 Å². The number of fused-ring (bicyclic) bond motifs is 1. The first-order chi connectivity index (χ1) is 22.8. The third-order valence-corrected chi connectivity index (χ3v) is 8.27. The van der Waals surface area contributed by atoms with Gasteiger partial charge in [0.15, 0.2) is 23.1 Å². The second-order valence-corrected chi connectivity index (χ2v) is 11.4. The van der Waals surface area contributed by atoms with Crippen LogP contribution in [0, 0.1) is 17.0 Å². The van der Waals surface area contributed by atoms with E-state index in [0.717, 1.165) is 50.1 Å². The summed E-state index contributed by atoms with van der Waals surface area (Å²) in [6.07, 6.45) is 2.81. The number of carbonyl (C=O) groups excluding carboxylic acids is 2. The van der Waals surface area contributed by atoms with Crippen molar-refractivity contribution in [1.82, 2.24) is 4.90 Å². The molecule has 3 aromatic carbocycles. The molecule has 1 aliphatic carbocycles. The molecule has 2 fully saturated rings. The summed E-state index contributed by atoms with van der Waals surface area (Å²) in [7, 11) is 1.50. The summed E-state index contributed by atoms with van der Waals surface area (Å²) in [4.78, 5) is 28.2. The van der Waals surface area contributed by atoms with Crippen molar-refractivity contribution in [2.75, 3.05) is 57.2 Å². The van der Waals surface area contributed by atoms with E-state index in [2.05, 4.69) is 15.5 Å². The van der Waals surface area contributed by atoms with Gasteiger partial charge in [0.05, 0.1) is 44.4 Å². The number of pyridine rings is 1. The fourth-order valence-corrected chi connectivity index (χ4v) is 5.40. The van der Waals surface area contributed by atoms with Gasteiger partial charge in [-0.1, -0.05) is 0 Å². The average Bonchev–Trinajstić information content (AvgIpc) is 3.89. The van der Waals surface area contributed by atoms with Crippen molar-refractivity contribution in [3.63, 3.8) is 0 Å². The van der Waals surface area contributed by atoms with Crippen molar-refractivity contribution < 1.29 is 47.3 Å². The topological polar surface area (TPSA) is 122 Å². The summed E-state index contributed by atoms with van der Waals surface area (Å²) in [6, 6.07) is 13.9. The Morgan fingerprint density at radius 3 is 2.30 bits per heavy atom. The van der Waals surface area contributed by atoms with Gasteiger partial charge in [0.2, 0.25) is 18.0 Å². The maximum Gasteiger partial charge on any atom is 0.272 e. The summed E-state index contributed by atoms with van der Waals surface area (Å²) >= 11 is 0. The van der Waals surface area contributed by atoms with Crippen LogP contribution >= 0.6 is 0 Å². The number of amides is 2. The molecule has 1 aromatic heterocycles. The summed E-state index contributed by atoms with van der Waals surface area (Å²) in [6.45, 7) is 4.56. The van der Waals surface area contributed by atoms with E-state index in [9.17, 15) is 19.2 Å². The first kappa shape index (κ1) is 32.0. The van der Waals surface area contributed by atoms with Crippen LogP contribution in [0.1, 0.15) is 19.3 Å². The fourth-order valence-electron chi connectivity index (χ4n) is 5.40. The molecule has 2 amide bonds. The molecule has 0 atom stereocenters. The molecule has 2 heterocycles. The lowest BCUT2D eigenvalue weighted by Crippen LogP contribution is -2.37. The minimum Gasteiger partial charge on any atom is -0.493 e. The molecule has 4 aromatic rings. The van der Waals surface area contributed by atoms with Crippen molar-refractivity contribution in [3.8, 4) is 23.0 Å². The highest BCUT2D eigenvalue weighted by Gasteiger charge is 2.56. The lowest BCUT2D eigenvalue weighted by molar-refractivity contribution is -0.884. The monoisotopic (exact) mass is 649 g/mol. The Balaban J connectivity index is 1.12. The quantitative estimate of drug-likeness (QED) is 0.0858. The number of carbonyl (C=O) groups is 2. The Morgan fingerprint density at radius 1 is 0.915 bits per heavy atom. The third-order valence-electron chi connectivity index (χ3n) is 8.27. The van der Waals surface area contributed by atoms with Gasteiger partial charge in [-0.2, -0.15) is 0 Å². The van der Waals surface area contributed by atoms with Gasteiger partial charge >= 0.3 is 0 Å². The first-order valence-electron chi connectivity index (χ1n) is 15.3. The molecule has 0 bridgehead atoms. The molecular formula is C34H35F2N4O7+. The molecule has 1 aliphatic heterocycles. The smallest absolute Gasteiger partial charge is 0.272 e. The van der Waals surface area contributed by atoms with E-state index in [1.165, 1.54) is 55.8 Å². The summed E-state index contributed by atoms with van der Waals surface area (Å²) in [5, 5.41) is 16.3. The molecule has 3 N–H and O–H groups in total. The van der Waals surface area contributed by atoms with Crippen molar-refractivity contribution in [2.24, 2.45) is 5.41 Å². The van der Waals surface area contributed by atoms with Crippen molar-refractivity contribution >= 4 is 34.1 Å². The number of aromatic nitrogens is 1. The van der Waals surface area contributed by atoms with Gasteiger partial charge in [-0.25, -0.2) is 8.78 Å². The Bertz CT molecular complexity index is 1780. The molecule has 0 spiro atoms. The Morgan fingerprint density at radius 2 is 1.62 bits per heavy atom. The normalized spacial score (nSPS) is 15.6. The number of morpholine rings is 1. The van der Waals surface area contributed by atoms with E-state index in [1.54, 1.807) is 12.1 Å². The number of anilines is 2. The maximum atomic E-state index is 15.3. The standard InChI is InChI=1S/C34H34F2N4O7/c1-44-30-20-25-27(21-31(30)46-16-2-12-39-14-17-45-18-15-39)40(43)13-9-28(25)47-29-8-7-24(19-26(29)36)38-33(42)34(10-11-34)32(41)37-23-5-3-22(35)4-6-23/h3-9,13,19-21H,2,10-12,14-18H2,1H3,(H2-,37,38,41,42,43)/p+1. The van der Waals surface area contributed by atoms with E-state index in [4.69, 9.17) is 18.9 Å². The Hall–Kier alpha value is -5.01. The Kier molecular flexibility index (Phi) is 9.36. The molecule has 47 heavy (non-hydrogen) atoms. The Labute approximate surface area is 269 Å². The minimum atomic E-state index is -1.30. The second kappa shape index (κ2) is 13.8. The van der Waals surface area contributed by atoms with Crippen molar-refractivity contribution in [1.29, 1.82) is 0 Å². The maximum absolute atomic E-state index is 15.3. The van der Waals surface area contributed by atoms with Crippen LogP contribution in [-0.4, -0.2) is 68.5 Å². The van der Waals surface area contributed by atoms with Gasteiger partial charge in [-0.3, -0.25) is 19.7 Å². The molecule has 0 unspecified atom stereocenters. The highest BCUT2D eigenvalue weighted by atomic mass is 19.1. The van der Waals surface area contributed by atoms with Crippen LogP contribution in [0.4, 0.5) is 20.2 Å². The van der Waals surface area contributed by atoms with Crippen molar-refractivity contribution in [3.05, 3.63) is 78.5 Å². The molecular weight excluding hydrogens is 614 g/mol. The van der Waals surface area contributed by atoms with Crippen LogP contribution in [0.5, 0.6) is 23.0 Å². The van der Waals surface area contributed by atoms with Crippen LogP contribution < -0.4 is 29.6 Å². The van der Waals surface area contributed by atoms with E-state index < -0.39 is 28.9 Å². The molecule has 246 valence electrons. The molecule has 1 saturated carbocycles. The molecule has 2 aliphatic rings. The SMILES string of the molecule is COc1cc2c(Oc3ccc(NC(=O)C4(C(=O)Nc5ccc(F)cc5)CC4)cc3F)cc[n+](O)c2cc1OCCCN1CCOCC1. The number of benzene rings is 3. The van der Waals surface area contributed by atoms with Crippen LogP contribution in [-0.2, 0) is 14.3 Å². The van der Waals surface area contributed by atoms with Gasteiger partial charge in [-0.15, -0.1) is 0 Å². The second-order valence-electron chi connectivity index (χ2n) is 11.4. The van der Waals surface area contributed by atoms with E-state index in [-0.39, 0.29) is 17.2 Å². The largest absolute Gasteiger partial charge is 0.493 e. The molecule has 0 radical (unpaired) electrons. The van der Waals surface area contributed by atoms with Crippen LogP contribution in [0.25, 0.3) is 10.9 Å². The summed E-state index contributed by atoms with van der Waals surface area (Å²) in [5.41, 5.74) is -0.440. The van der Waals surface area contributed by atoms with E-state index in [0.29, 0.717) is 47.5 Å². The molecule has 1 saturated heterocycles. The highest BCUT2D eigenvalue weighted by Crippen LogP contribution is 2.47. The summed E-state index contributed by atoms with van der Waals surface area (Å²) < 4.78 is 52.3. The van der Waals surface area contributed by atoms with Crippen LogP contribution in [0.3, 0.4) is 0 Å². The number of nitrogens with one attached hydrogen (secondary N) is 2.